The Morgan fingerprint density at radius 1 is 1.00 bits per heavy atom. The fourth-order valence-corrected chi connectivity index (χ4v) is 4.92. The molecule has 0 saturated heterocycles. The van der Waals surface area contributed by atoms with Crippen LogP contribution in [-0.2, 0) is 16.6 Å². The van der Waals surface area contributed by atoms with Gasteiger partial charge in [0.15, 0.2) is 0 Å². The molecule has 0 unspecified atom stereocenters. The number of para-hydroxylation sites is 1. The van der Waals surface area contributed by atoms with Crippen molar-refractivity contribution < 1.29 is 18.1 Å². The Morgan fingerprint density at radius 3 is 2.34 bits per heavy atom. The molecule has 0 amide bonds. The number of sulfonamides is 1. The van der Waals surface area contributed by atoms with E-state index < -0.39 is 20.5 Å². The van der Waals surface area contributed by atoms with Gasteiger partial charge in [0.05, 0.1) is 22.1 Å². The molecular weight excluding hydrogens is 428 g/mol. The lowest BCUT2D eigenvalue weighted by Crippen LogP contribution is -2.31. The molecule has 0 radical (unpaired) electrons. The van der Waals surface area contributed by atoms with E-state index in [1.807, 2.05) is 50.3 Å². The Hall–Kier alpha value is -3.65. The molecule has 1 aliphatic heterocycles. The summed E-state index contributed by atoms with van der Waals surface area (Å²) in [4.78, 5) is 10.4. The van der Waals surface area contributed by atoms with Crippen molar-refractivity contribution in [2.45, 2.75) is 30.9 Å². The molecule has 3 aromatic carbocycles. The van der Waals surface area contributed by atoms with Crippen molar-refractivity contribution in [2.24, 2.45) is 0 Å². The van der Waals surface area contributed by atoms with Gasteiger partial charge in [-0.2, -0.15) is 0 Å². The van der Waals surface area contributed by atoms with Crippen molar-refractivity contribution >= 4 is 27.5 Å². The summed E-state index contributed by atoms with van der Waals surface area (Å²) in [5, 5.41) is 10.9. The number of ether oxygens (including phenoxy) is 1. The van der Waals surface area contributed by atoms with Crippen LogP contribution in [0.15, 0.2) is 83.8 Å². The fraction of sp³-hybridized carbons (Fsp3) is 0.167. The van der Waals surface area contributed by atoms with E-state index in [2.05, 4.69) is 0 Å². The topological polar surface area (TPSA) is 89.8 Å². The highest BCUT2D eigenvalue weighted by atomic mass is 32.2. The lowest BCUT2D eigenvalue weighted by molar-refractivity contribution is -0.384. The van der Waals surface area contributed by atoms with E-state index in [1.165, 1.54) is 28.6 Å². The van der Waals surface area contributed by atoms with Gasteiger partial charge in [-0.05, 0) is 61.9 Å². The molecule has 0 spiro atoms. The normalized spacial score (nSPS) is 14.3. The molecule has 0 fully saturated rings. The molecule has 32 heavy (non-hydrogen) atoms. The van der Waals surface area contributed by atoms with Crippen LogP contribution in [0.1, 0.15) is 25.0 Å². The van der Waals surface area contributed by atoms with E-state index in [4.69, 9.17) is 4.74 Å². The zero-order valence-corrected chi connectivity index (χ0v) is 18.5. The maximum absolute atomic E-state index is 13.5. The van der Waals surface area contributed by atoms with Crippen molar-refractivity contribution in [3.8, 4) is 5.75 Å². The van der Waals surface area contributed by atoms with Crippen LogP contribution in [0.25, 0.3) is 6.08 Å². The Balaban J connectivity index is 1.72. The van der Waals surface area contributed by atoms with Crippen LogP contribution >= 0.6 is 0 Å². The first kappa shape index (κ1) is 21.6. The van der Waals surface area contributed by atoms with Gasteiger partial charge in [0.1, 0.15) is 11.4 Å². The van der Waals surface area contributed by atoms with Crippen LogP contribution < -0.4 is 9.04 Å². The molecule has 0 aliphatic carbocycles. The zero-order chi connectivity index (χ0) is 22.9. The predicted molar refractivity (Wildman–Crippen MR) is 123 cm³/mol. The molecule has 1 aliphatic rings. The van der Waals surface area contributed by atoms with Crippen molar-refractivity contribution in [1.29, 1.82) is 0 Å². The van der Waals surface area contributed by atoms with Crippen LogP contribution in [0.4, 0.5) is 11.4 Å². The van der Waals surface area contributed by atoms with E-state index in [1.54, 1.807) is 24.3 Å². The summed E-state index contributed by atoms with van der Waals surface area (Å²) in [6.45, 7) is 4.02. The number of nitrogens with zero attached hydrogens (tertiary/aromatic N) is 2. The molecule has 0 bridgehead atoms. The Kier molecular flexibility index (Phi) is 5.48. The highest BCUT2D eigenvalue weighted by Crippen LogP contribution is 2.33. The van der Waals surface area contributed by atoms with Crippen LogP contribution in [0.2, 0.25) is 0 Å². The van der Waals surface area contributed by atoms with Crippen LogP contribution in [0.3, 0.4) is 0 Å². The molecule has 164 valence electrons. The first-order chi connectivity index (χ1) is 15.2. The minimum Gasteiger partial charge on any atom is -0.483 e. The third kappa shape index (κ3) is 4.36. The minimum atomic E-state index is -3.97. The van der Waals surface area contributed by atoms with Crippen LogP contribution in [0.5, 0.6) is 5.75 Å². The molecule has 1 heterocycles. The third-order valence-corrected chi connectivity index (χ3v) is 6.91. The van der Waals surface area contributed by atoms with Gasteiger partial charge in [0, 0.05) is 17.7 Å². The van der Waals surface area contributed by atoms with Crippen molar-refractivity contribution in [2.75, 3.05) is 4.31 Å². The quantitative estimate of drug-likeness (QED) is 0.382. The molecule has 0 aromatic heterocycles. The van der Waals surface area contributed by atoms with Crippen LogP contribution in [0, 0.1) is 10.1 Å². The molecule has 7 nitrogen and oxygen atoms in total. The fourth-order valence-electron chi connectivity index (χ4n) is 3.47. The number of nitro groups is 1. The molecular formula is C24H22N2O5S. The number of nitro benzene ring substituents is 1. The van der Waals surface area contributed by atoms with E-state index >= 15 is 0 Å². The lowest BCUT2D eigenvalue weighted by Gasteiger charge is -2.29. The molecule has 0 saturated carbocycles. The van der Waals surface area contributed by atoms with Gasteiger partial charge in [-0.25, -0.2) is 8.42 Å². The zero-order valence-electron chi connectivity index (χ0n) is 17.6. The first-order valence-electron chi connectivity index (χ1n) is 9.99. The highest BCUT2D eigenvalue weighted by Gasteiger charge is 2.27. The number of hydrogen-bond acceptors (Lipinski definition) is 5. The second kappa shape index (κ2) is 8.12. The van der Waals surface area contributed by atoms with E-state index in [-0.39, 0.29) is 17.1 Å². The van der Waals surface area contributed by atoms with Crippen LogP contribution in [-0.4, -0.2) is 18.9 Å². The minimum absolute atomic E-state index is 0.0186. The average molecular weight is 451 g/mol. The number of non-ortho nitro benzene ring substituents is 1. The predicted octanol–water partition coefficient (Wildman–Crippen LogP) is 5.17. The number of rotatable bonds is 6. The number of fused-ring (bicyclic) bond motifs is 1. The summed E-state index contributed by atoms with van der Waals surface area (Å²) in [6, 6.07) is 19.3. The largest absolute Gasteiger partial charge is 0.483 e. The Bertz CT molecular complexity index is 1280. The summed E-state index contributed by atoms with van der Waals surface area (Å²) in [6.07, 6.45) is 3.93. The van der Waals surface area contributed by atoms with Gasteiger partial charge >= 0.3 is 0 Å². The monoisotopic (exact) mass is 450 g/mol. The van der Waals surface area contributed by atoms with E-state index in [9.17, 15) is 18.5 Å². The van der Waals surface area contributed by atoms with Gasteiger partial charge in [0.2, 0.25) is 0 Å². The van der Waals surface area contributed by atoms with Crippen molar-refractivity contribution in [3.05, 3.63) is 100 Å². The van der Waals surface area contributed by atoms with Crippen molar-refractivity contribution in [1.82, 2.24) is 0 Å². The Morgan fingerprint density at radius 2 is 1.69 bits per heavy atom. The number of hydrogen-bond donors (Lipinski definition) is 0. The summed E-state index contributed by atoms with van der Waals surface area (Å²) >= 11 is 0. The van der Waals surface area contributed by atoms with Crippen molar-refractivity contribution in [3.63, 3.8) is 0 Å². The summed E-state index contributed by atoms with van der Waals surface area (Å²) in [7, 11) is -3.97. The molecule has 0 atom stereocenters. The Labute approximate surface area is 186 Å². The molecule has 3 aromatic rings. The smallest absolute Gasteiger partial charge is 0.269 e. The van der Waals surface area contributed by atoms with Gasteiger partial charge in [-0.1, -0.05) is 30.3 Å². The number of benzene rings is 3. The molecule has 8 heteroatoms. The summed E-state index contributed by atoms with van der Waals surface area (Å²) in [5.74, 6) is 0.741. The van der Waals surface area contributed by atoms with Gasteiger partial charge in [0.25, 0.3) is 15.7 Å². The van der Waals surface area contributed by atoms with Gasteiger partial charge in [-0.15, -0.1) is 0 Å². The molecule has 0 N–H and O–H groups in total. The maximum Gasteiger partial charge on any atom is 0.269 e. The maximum atomic E-state index is 13.5. The van der Waals surface area contributed by atoms with Gasteiger partial charge in [-0.3, -0.25) is 14.4 Å². The average Bonchev–Trinajstić information content (AvgIpc) is 2.77. The summed E-state index contributed by atoms with van der Waals surface area (Å²) < 4.78 is 34.3. The van der Waals surface area contributed by atoms with E-state index in [0.29, 0.717) is 5.69 Å². The lowest BCUT2D eigenvalue weighted by atomic mass is 10.0. The second-order valence-corrected chi connectivity index (χ2v) is 9.87. The second-order valence-electron chi connectivity index (χ2n) is 8.01. The molecule has 4 rings (SSSR count). The SMILES string of the molecule is CC1(C)C=Cc2cc(CN(c3ccccc3)S(=O)(=O)c3ccc([N+](=O)[O-])cc3)ccc2O1. The van der Waals surface area contributed by atoms with Gasteiger partial charge < -0.3 is 4.74 Å². The standard InChI is InChI=1S/C24H22N2O5S/c1-24(2)15-14-19-16-18(8-13-23(19)31-24)17-25(20-6-4-3-5-7-20)32(29,30)22-11-9-21(10-12-22)26(27)28/h3-16H,17H2,1-2H3. The van der Waals surface area contributed by atoms with E-state index in [0.717, 1.165) is 16.9 Å². The summed E-state index contributed by atoms with van der Waals surface area (Å²) in [5.41, 5.74) is 1.59. The first-order valence-corrected chi connectivity index (χ1v) is 11.4. The third-order valence-electron chi connectivity index (χ3n) is 5.12. The number of anilines is 1. The highest BCUT2D eigenvalue weighted by molar-refractivity contribution is 7.92.